The number of aliphatic carboxylic acids is 1. The third kappa shape index (κ3) is 3.55. The first-order valence-electron chi connectivity index (χ1n) is 5.04. The van der Waals surface area contributed by atoms with Gasteiger partial charge in [0.1, 0.15) is 6.61 Å². The summed E-state index contributed by atoms with van der Waals surface area (Å²) in [5, 5.41) is 19.0. The topological polar surface area (TPSA) is 107 Å². The zero-order chi connectivity index (χ0) is 13.7. The molecule has 96 valence electrons. The van der Waals surface area contributed by atoms with Crippen LogP contribution in [0.2, 0.25) is 0 Å². The molecule has 7 nitrogen and oxygen atoms in total. The Kier molecular flexibility index (Phi) is 4.36. The summed E-state index contributed by atoms with van der Waals surface area (Å²) in [4.78, 5) is 31.6. The fourth-order valence-electron chi connectivity index (χ4n) is 1.09. The number of benzene rings is 1. The van der Waals surface area contributed by atoms with Gasteiger partial charge in [-0.3, -0.25) is 19.7 Å². The van der Waals surface area contributed by atoms with Crippen LogP contribution in [0.5, 0.6) is 0 Å². The zero-order valence-electron chi connectivity index (χ0n) is 9.53. The van der Waals surface area contributed by atoms with E-state index in [1.807, 2.05) is 0 Å². The number of carboxylic acids is 1. The quantitative estimate of drug-likeness (QED) is 0.367. The van der Waals surface area contributed by atoms with Crippen LogP contribution >= 0.6 is 0 Å². The second-order valence-electron chi connectivity index (χ2n) is 3.59. The highest BCUT2D eigenvalue weighted by Gasteiger charge is 2.21. The summed E-state index contributed by atoms with van der Waals surface area (Å²) in [5.41, 5.74) is 0.482. The number of hydrogen-bond acceptors (Lipinski definition) is 5. The van der Waals surface area contributed by atoms with Crippen molar-refractivity contribution in [2.75, 3.05) is 0 Å². The number of non-ortho nitro benzene ring substituents is 1. The standard InChI is InChI=1S/C11H11NO6/c1-7(10(13)14)11(15)18-6-8-2-4-9(5-3-8)12(16)17/h2-5,7H,6H2,1H3,(H,13,14). The molecule has 0 amide bonds. The van der Waals surface area contributed by atoms with Crippen LogP contribution in [-0.4, -0.2) is 22.0 Å². The Balaban J connectivity index is 2.56. The van der Waals surface area contributed by atoms with Crippen molar-refractivity contribution >= 4 is 17.6 Å². The van der Waals surface area contributed by atoms with Gasteiger partial charge in [-0.15, -0.1) is 0 Å². The molecule has 0 spiro atoms. The minimum absolute atomic E-state index is 0.0658. The molecule has 1 aromatic rings. The SMILES string of the molecule is CC(C(=O)O)C(=O)OCc1ccc([N+](=O)[O-])cc1. The first kappa shape index (κ1) is 13.6. The van der Waals surface area contributed by atoms with Crippen molar-refractivity contribution in [2.45, 2.75) is 13.5 Å². The summed E-state index contributed by atoms with van der Waals surface area (Å²) in [6, 6.07) is 5.45. The summed E-state index contributed by atoms with van der Waals surface area (Å²) in [6.07, 6.45) is 0. The fraction of sp³-hybridized carbons (Fsp3) is 0.273. The van der Waals surface area contributed by atoms with Crippen LogP contribution in [0, 0.1) is 16.0 Å². The molecule has 0 aliphatic heterocycles. The van der Waals surface area contributed by atoms with Crippen LogP contribution in [-0.2, 0) is 20.9 Å². The van der Waals surface area contributed by atoms with Crippen molar-refractivity contribution in [3.8, 4) is 0 Å². The molecule has 0 aliphatic rings. The fourth-order valence-corrected chi connectivity index (χ4v) is 1.09. The van der Waals surface area contributed by atoms with Crippen LogP contribution in [0.3, 0.4) is 0 Å². The number of hydrogen-bond donors (Lipinski definition) is 1. The molecule has 7 heteroatoms. The lowest BCUT2D eigenvalue weighted by atomic mass is 10.2. The van der Waals surface area contributed by atoms with Crippen LogP contribution in [0.25, 0.3) is 0 Å². The van der Waals surface area contributed by atoms with Gasteiger partial charge in [-0.1, -0.05) is 0 Å². The van der Waals surface area contributed by atoms with E-state index in [9.17, 15) is 19.7 Å². The number of carboxylic acid groups (broad SMARTS) is 1. The molecule has 0 radical (unpaired) electrons. The maximum Gasteiger partial charge on any atom is 0.320 e. The predicted octanol–water partition coefficient (Wildman–Crippen LogP) is 1.36. The molecule has 0 saturated heterocycles. The van der Waals surface area contributed by atoms with Crippen LogP contribution < -0.4 is 0 Å². The van der Waals surface area contributed by atoms with E-state index in [4.69, 9.17) is 9.84 Å². The number of esters is 1. The molecule has 0 heterocycles. The number of carbonyl (C=O) groups excluding carboxylic acids is 1. The van der Waals surface area contributed by atoms with Gasteiger partial charge in [0.05, 0.1) is 4.92 Å². The second kappa shape index (κ2) is 5.76. The van der Waals surface area contributed by atoms with Crippen molar-refractivity contribution in [1.82, 2.24) is 0 Å². The van der Waals surface area contributed by atoms with E-state index in [0.717, 1.165) is 0 Å². The van der Waals surface area contributed by atoms with Crippen molar-refractivity contribution in [1.29, 1.82) is 0 Å². The second-order valence-corrected chi connectivity index (χ2v) is 3.59. The Labute approximate surface area is 102 Å². The maximum absolute atomic E-state index is 11.2. The van der Waals surface area contributed by atoms with E-state index in [2.05, 4.69) is 0 Å². The van der Waals surface area contributed by atoms with E-state index in [1.165, 1.54) is 31.2 Å². The van der Waals surface area contributed by atoms with Crippen molar-refractivity contribution in [3.05, 3.63) is 39.9 Å². The van der Waals surface area contributed by atoms with Crippen LogP contribution in [0.1, 0.15) is 12.5 Å². The number of rotatable bonds is 5. The van der Waals surface area contributed by atoms with Crippen LogP contribution in [0.15, 0.2) is 24.3 Å². The van der Waals surface area contributed by atoms with Gasteiger partial charge < -0.3 is 9.84 Å². The van der Waals surface area contributed by atoms with Gasteiger partial charge in [0.2, 0.25) is 0 Å². The highest BCUT2D eigenvalue weighted by atomic mass is 16.6. The van der Waals surface area contributed by atoms with Crippen molar-refractivity contribution in [2.24, 2.45) is 5.92 Å². The first-order valence-corrected chi connectivity index (χ1v) is 5.04. The smallest absolute Gasteiger partial charge is 0.320 e. The Morgan fingerprint density at radius 1 is 1.39 bits per heavy atom. The van der Waals surface area contributed by atoms with E-state index < -0.39 is 22.8 Å². The highest BCUT2D eigenvalue weighted by molar-refractivity contribution is 5.93. The lowest BCUT2D eigenvalue weighted by Gasteiger charge is -2.07. The molecule has 0 saturated carbocycles. The first-order chi connectivity index (χ1) is 8.41. The number of nitrogens with zero attached hydrogens (tertiary/aromatic N) is 1. The minimum atomic E-state index is -1.26. The van der Waals surface area contributed by atoms with Gasteiger partial charge >= 0.3 is 11.9 Å². The molecule has 0 aromatic heterocycles. The molecule has 18 heavy (non-hydrogen) atoms. The molecular weight excluding hydrogens is 242 g/mol. The van der Waals surface area contributed by atoms with Crippen molar-refractivity contribution in [3.63, 3.8) is 0 Å². The molecule has 1 atom stereocenters. The number of nitro benzene ring substituents is 1. The largest absolute Gasteiger partial charge is 0.481 e. The molecule has 0 fully saturated rings. The zero-order valence-corrected chi connectivity index (χ0v) is 9.53. The summed E-state index contributed by atoms with van der Waals surface area (Å²) >= 11 is 0. The Bertz CT molecular complexity index is 467. The maximum atomic E-state index is 11.2. The van der Waals surface area contributed by atoms with Crippen molar-refractivity contribution < 1.29 is 24.4 Å². The summed E-state index contributed by atoms with van der Waals surface area (Å²) in [7, 11) is 0. The normalized spacial score (nSPS) is 11.6. The van der Waals surface area contributed by atoms with Gasteiger partial charge in [-0.2, -0.15) is 0 Å². The van der Waals surface area contributed by atoms with E-state index >= 15 is 0 Å². The van der Waals surface area contributed by atoms with Crippen LogP contribution in [0.4, 0.5) is 5.69 Å². The summed E-state index contributed by atoms with van der Waals surface area (Å²) in [6.45, 7) is 1.11. The summed E-state index contributed by atoms with van der Waals surface area (Å²) in [5.74, 6) is -3.34. The van der Waals surface area contributed by atoms with E-state index in [-0.39, 0.29) is 12.3 Å². The van der Waals surface area contributed by atoms with E-state index in [1.54, 1.807) is 0 Å². The molecule has 0 aliphatic carbocycles. The summed E-state index contributed by atoms with van der Waals surface area (Å²) < 4.78 is 4.76. The molecule has 1 unspecified atom stereocenters. The Morgan fingerprint density at radius 3 is 2.39 bits per heavy atom. The van der Waals surface area contributed by atoms with Gasteiger partial charge in [0.25, 0.3) is 5.69 Å². The highest BCUT2D eigenvalue weighted by Crippen LogP contribution is 2.13. The predicted molar refractivity (Wildman–Crippen MR) is 59.7 cm³/mol. The third-order valence-corrected chi connectivity index (χ3v) is 2.25. The van der Waals surface area contributed by atoms with Gasteiger partial charge in [-0.25, -0.2) is 0 Å². The third-order valence-electron chi connectivity index (χ3n) is 2.25. The average molecular weight is 253 g/mol. The van der Waals surface area contributed by atoms with Gasteiger partial charge in [0, 0.05) is 12.1 Å². The number of nitro groups is 1. The molecule has 0 bridgehead atoms. The van der Waals surface area contributed by atoms with Gasteiger partial charge in [-0.05, 0) is 24.6 Å². The molecule has 1 rings (SSSR count). The number of carbonyl (C=O) groups is 2. The Hall–Kier alpha value is -2.44. The lowest BCUT2D eigenvalue weighted by molar-refractivity contribution is -0.384. The minimum Gasteiger partial charge on any atom is -0.481 e. The van der Waals surface area contributed by atoms with Gasteiger partial charge in [0.15, 0.2) is 5.92 Å². The molecular formula is C11H11NO6. The Morgan fingerprint density at radius 2 is 1.94 bits per heavy atom. The molecule has 1 aromatic carbocycles. The number of ether oxygens (including phenoxy) is 1. The van der Waals surface area contributed by atoms with E-state index in [0.29, 0.717) is 5.56 Å². The monoisotopic (exact) mass is 253 g/mol. The lowest BCUT2D eigenvalue weighted by Crippen LogP contribution is -2.22. The average Bonchev–Trinajstić information content (AvgIpc) is 2.35. The molecule has 1 N–H and O–H groups in total.